The zero-order valence-corrected chi connectivity index (χ0v) is 8.20. The second-order valence-corrected chi connectivity index (χ2v) is 3.81. The van der Waals surface area contributed by atoms with E-state index in [9.17, 15) is 5.11 Å². The Kier molecular flexibility index (Phi) is 3.07. The van der Waals surface area contributed by atoms with Crippen LogP contribution in [0.1, 0.15) is 19.4 Å². The Morgan fingerprint density at radius 1 is 1.38 bits per heavy atom. The maximum absolute atomic E-state index is 9.92. The van der Waals surface area contributed by atoms with Crippen LogP contribution in [-0.4, -0.2) is 16.7 Å². The molecule has 0 saturated heterocycles. The van der Waals surface area contributed by atoms with Gasteiger partial charge in [-0.15, -0.1) is 0 Å². The van der Waals surface area contributed by atoms with Gasteiger partial charge in [0.1, 0.15) is 0 Å². The summed E-state index contributed by atoms with van der Waals surface area (Å²) in [5.74, 6) is 0. The molecular formula is C11H17NO. The van der Waals surface area contributed by atoms with Gasteiger partial charge in [0, 0.05) is 12.5 Å². The number of rotatable bonds is 3. The Morgan fingerprint density at radius 3 is 2.38 bits per heavy atom. The van der Waals surface area contributed by atoms with Crippen LogP contribution in [0.3, 0.4) is 0 Å². The van der Waals surface area contributed by atoms with E-state index >= 15 is 0 Å². The van der Waals surface area contributed by atoms with Gasteiger partial charge in [-0.2, -0.15) is 0 Å². The van der Waals surface area contributed by atoms with Crippen molar-refractivity contribution in [3.63, 3.8) is 0 Å². The largest absolute Gasteiger partial charge is 0.388 e. The Hall–Kier alpha value is -0.860. The Labute approximate surface area is 79.4 Å². The third kappa shape index (κ3) is 2.83. The van der Waals surface area contributed by atoms with Crippen LogP contribution in [0.5, 0.6) is 0 Å². The van der Waals surface area contributed by atoms with Gasteiger partial charge in [0.15, 0.2) is 0 Å². The topological polar surface area (TPSA) is 46.2 Å². The normalized spacial score (nSPS) is 17.8. The van der Waals surface area contributed by atoms with Crippen LogP contribution in [0.2, 0.25) is 0 Å². The second kappa shape index (κ2) is 3.90. The summed E-state index contributed by atoms with van der Waals surface area (Å²) in [6, 6.07) is 9.67. The van der Waals surface area contributed by atoms with Gasteiger partial charge >= 0.3 is 0 Å². The SMILES string of the molecule is CC(N)C(C)(O)Cc1ccccc1. The van der Waals surface area contributed by atoms with Gasteiger partial charge in [-0.05, 0) is 19.4 Å². The molecule has 0 radical (unpaired) electrons. The van der Waals surface area contributed by atoms with Crippen LogP contribution >= 0.6 is 0 Å². The maximum Gasteiger partial charge on any atom is 0.0807 e. The average molecular weight is 179 g/mol. The van der Waals surface area contributed by atoms with Gasteiger partial charge in [0.05, 0.1) is 5.60 Å². The van der Waals surface area contributed by atoms with E-state index in [1.165, 1.54) is 0 Å². The molecule has 3 N–H and O–H groups in total. The minimum Gasteiger partial charge on any atom is -0.388 e. The van der Waals surface area contributed by atoms with E-state index in [1.807, 2.05) is 37.3 Å². The maximum atomic E-state index is 9.92. The highest BCUT2D eigenvalue weighted by Gasteiger charge is 2.25. The van der Waals surface area contributed by atoms with Gasteiger partial charge in [-0.25, -0.2) is 0 Å². The predicted molar refractivity (Wildman–Crippen MR) is 54.4 cm³/mol. The summed E-state index contributed by atoms with van der Waals surface area (Å²) in [5.41, 5.74) is 5.97. The lowest BCUT2D eigenvalue weighted by Gasteiger charge is -2.27. The number of aliphatic hydroxyl groups is 1. The fraction of sp³-hybridized carbons (Fsp3) is 0.455. The van der Waals surface area contributed by atoms with Gasteiger partial charge < -0.3 is 10.8 Å². The molecule has 0 bridgehead atoms. The first kappa shape index (κ1) is 10.2. The summed E-state index contributed by atoms with van der Waals surface area (Å²) in [7, 11) is 0. The molecule has 1 aromatic carbocycles. The van der Waals surface area contributed by atoms with E-state index in [2.05, 4.69) is 0 Å². The first-order valence-corrected chi connectivity index (χ1v) is 4.54. The Balaban J connectivity index is 2.69. The Morgan fingerprint density at radius 2 is 1.92 bits per heavy atom. The molecule has 2 atom stereocenters. The summed E-state index contributed by atoms with van der Waals surface area (Å²) in [6.45, 7) is 3.59. The number of hydrogen-bond donors (Lipinski definition) is 2. The molecule has 0 heterocycles. The molecule has 2 heteroatoms. The average Bonchev–Trinajstić information content (AvgIpc) is 2.05. The first-order chi connectivity index (χ1) is 6.02. The summed E-state index contributed by atoms with van der Waals surface area (Å²) in [4.78, 5) is 0. The zero-order valence-electron chi connectivity index (χ0n) is 8.20. The van der Waals surface area contributed by atoms with Gasteiger partial charge in [0.25, 0.3) is 0 Å². The van der Waals surface area contributed by atoms with Gasteiger partial charge in [-0.3, -0.25) is 0 Å². The summed E-state index contributed by atoms with van der Waals surface area (Å²) < 4.78 is 0. The second-order valence-electron chi connectivity index (χ2n) is 3.81. The Bertz CT molecular complexity index is 254. The lowest BCUT2D eigenvalue weighted by Crippen LogP contribution is -2.45. The van der Waals surface area contributed by atoms with E-state index in [1.54, 1.807) is 6.92 Å². The molecule has 0 aliphatic rings. The minimum atomic E-state index is -0.818. The summed E-state index contributed by atoms with van der Waals surface area (Å²) in [5, 5.41) is 9.92. The predicted octanol–water partition coefficient (Wildman–Crippen LogP) is 1.33. The molecule has 0 saturated carbocycles. The zero-order chi connectivity index (χ0) is 9.90. The van der Waals surface area contributed by atoms with Crippen LogP contribution in [0, 0.1) is 0 Å². The van der Waals surface area contributed by atoms with E-state index in [0.29, 0.717) is 6.42 Å². The van der Waals surface area contributed by atoms with Crippen molar-refractivity contribution >= 4 is 0 Å². The quantitative estimate of drug-likeness (QED) is 0.735. The van der Waals surface area contributed by atoms with Crippen LogP contribution < -0.4 is 5.73 Å². The van der Waals surface area contributed by atoms with Crippen LogP contribution in [-0.2, 0) is 6.42 Å². The third-order valence-electron chi connectivity index (χ3n) is 2.39. The van der Waals surface area contributed by atoms with Crippen molar-refractivity contribution in [2.75, 3.05) is 0 Å². The highest BCUT2D eigenvalue weighted by Crippen LogP contribution is 2.15. The molecule has 0 aliphatic carbocycles. The molecule has 0 amide bonds. The lowest BCUT2D eigenvalue weighted by molar-refractivity contribution is 0.0389. The summed E-state index contributed by atoms with van der Waals surface area (Å²) >= 11 is 0. The molecule has 2 nitrogen and oxygen atoms in total. The van der Waals surface area contributed by atoms with Crippen molar-refractivity contribution in [2.45, 2.75) is 31.9 Å². The van der Waals surface area contributed by atoms with Gasteiger partial charge in [-0.1, -0.05) is 30.3 Å². The third-order valence-corrected chi connectivity index (χ3v) is 2.39. The monoisotopic (exact) mass is 179 g/mol. The van der Waals surface area contributed by atoms with E-state index < -0.39 is 5.60 Å². The van der Waals surface area contributed by atoms with Crippen molar-refractivity contribution in [1.29, 1.82) is 0 Å². The molecular weight excluding hydrogens is 162 g/mol. The molecule has 1 rings (SSSR count). The molecule has 0 aliphatic heterocycles. The molecule has 0 aromatic heterocycles. The van der Waals surface area contributed by atoms with E-state index in [-0.39, 0.29) is 6.04 Å². The van der Waals surface area contributed by atoms with Gasteiger partial charge in [0.2, 0.25) is 0 Å². The van der Waals surface area contributed by atoms with Crippen LogP contribution in [0.25, 0.3) is 0 Å². The van der Waals surface area contributed by atoms with Crippen LogP contribution in [0.4, 0.5) is 0 Å². The molecule has 72 valence electrons. The van der Waals surface area contributed by atoms with Crippen molar-refractivity contribution < 1.29 is 5.11 Å². The van der Waals surface area contributed by atoms with Crippen molar-refractivity contribution in [2.24, 2.45) is 5.73 Å². The molecule has 13 heavy (non-hydrogen) atoms. The highest BCUT2D eigenvalue weighted by atomic mass is 16.3. The van der Waals surface area contributed by atoms with E-state index in [0.717, 1.165) is 5.56 Å². The van der Waals surface area contributed by atoms with Crippen LogP contribution in [0.15, 0.2) is 30.3 Å². The lowest BCUT2D eigenvalue weighted by atomic mass is 9.91. The standard InChI is InChI=1S/C11H17NO/c1-9(12)11(2,13)8-10-6-4-3-5-7-10/h3-7,9,13H,8,12H2,1-2H3. The number of hydrogen-bond acceptors (Lipinski definition) is 2. The van der Waals surface area contributed by atoms with Crippen molar-refractivity contribution in [1.82, 2.24) is 0 Å². The minimum absolute atomic E-state index is 0.215. The first-order valence-electron chi connectivity index (χ1n) is 4.54. The number of benzene rings is 1. The molecule has 2 unspecified atom stereocenters. The molecule has 1 aromatic rings. The van der Waals surface area contributed by atoms with E-state index in [4.69, 9.17) is 5.73 Å². The fourth-order valence-electron chi connectivity index (χ4n) is 1.17. The van der Waals surface area contributed by atoms with Crippen molar-refractivity contribution in [3.8, 4) is 0 Å². The number of nitrogens with two attached hydrogens (primary N) is 1. The smallest absolute Gasteiger partial charge is 0.0807 e. The highest BCUT2D eigenvalue weighted by molar-refractivity contribution is 5.17. The molecule has 0 spiro atoms. The summed E-state index contributed by atoms with van der Waals surface area (Å²) in [6.07, 6.45) is 0.603. The molecule has 0 fully saturated rings. The fourth-order valence-corrected chi connectivity index (χ4v) is 1.17. The van der Waals surface area contributed by atoms with Crippen molar-refractivity contribution in [3.05, 3.63) is 35.9 Å².